The third kappa shape index (κ3) is 2.22. The number of hydrogen-bond acceptors (Lipinski definition) is 7. The maximum Gasteiger partial charge on any atom is 0.319 e. The molecule has 0 saturated carbocycles. The summed E-state index contributed by atoms with van der Waals surface area (Å²) in [5.41, 5.74) is 3.07. The molecule has 7 heteroatoms. The molecule has 3 rings (SSSR count). The fraction of sp³-hybridized carbons (Fsp3) is 0.385. The molecule has 1 aliphatic rings. The van der Waals surface area contributed by atoms with Gasteiger partial charge in [-0.1, -0.05) is 0 Å². The van der Waals surface area contributed by atoms with Crippen LogP contribution in [0.5, 0.6) is 11.9 Å². The molecule has 0 amide bonds. The molecule has 0 spiro atoms. The van der Waals surface area contributed by atoms with Crippen LogP contribution in [0.3, 0.4) is 0 Å². The molecule has 3 heterocycles. The number of aromatic nitrogens is 4. The zero-order chi connectivity index (χ0) is 13.9. The molecule has 2 aromatic heterocycles. The van der Waals surface area contributed by atoms with Gasteiger partial charge in [0.15, 0.2) is 0 Å². The molecule has 0 aliphatic carbocycles. The van der Waals surface area contributed by atoms with Gasteiger partial charge in [0.25, 0.3) is 0 Å². The monoisotopic (exact) mass is 273 g/mol. The molecule has 0 radical (unpaired) electrons. The second-order valence-electron chi connectivity index (χ2n) is 4.42. The van der Waals surface area contributed by atoms with E-state index in [1.807, 2.05) is 6.20 Å². The van der Waals surface area contributed by atoms with E-state index in [0.717, 1.165) is 36.5 Å². The Labute approximate surface area is 116 Å². The SMILES string of the molecule is COc1ncc(N2CCc3ncncc3C2)c(OC)n1. The zero-order valence-corrected chi connectivity index (χ0v) is 11.4. The molecule has 0 atom stereocenters. The van der Waals surface area contributed by atoms with E-state index in [4.69, 9.17) is 9.47 Å². The van der Waals surface area contributed by atoms with Crippen molar-refractivity contribution in [1.82, 2.24) is 19.9 Å². The summed E-state index contributed by atoms with van der Waals surface area (Å²) in [6.45, 7) is 1.57. The minimum Gasteiger partial charge on any atom is -0.479 e. The molecule has 0 N–H and O–H groups in total. The molecule has 104 valence electrons. The highest BCUT2D eigenvalue weighted by Gasteiger charge is 2.21. The van der Waals surface area contributed by atoms with Crippen molar-refractivity contribution in [1.29, 1.82) is 0 Å². The van der Waals surface area contributed by atoms with Crippen LogP contribution in [0.2, 0.25) is 0 Å². The Morgan fingerprint density at radius 1 is 1.15 bits per heavy atom. The van der Waals surface area contributed by atoms with E-state index in [0.29, 0.717) is 11.9 Å². The van der Waals surface area contributed by atoms with Gasteiger partial charge in [-0.05, 0) is 0 Å². The first-order valence-electron chi connectivity index (χ1n) is 6.29. The van der Waals surface area contributed by atoms with Gasteiger partial charge in [0.1, 0.15) is 12.0 Å². The second-order valence-corrected chi connectivity index (χ2v) is 4.42. The van der Waals surface area contributed by atoms with Crippen LogP contribution in [0.25, 0.3) is 0 Å². The highest BCUT2D eigenvalue weighted by atomic mass is 16.5. The lowest BCUT2D eigenvalue weighted by Crippen LogP contribution is -2.31. The lowest BCUT2D eigenvalue weighted by molar-refractivity contribution is 0.351. The van der Waals surface area contributed by atoms with E-state index in [9.17, 15) is 0 Å². The van der Waals surface area contributed by atoms with Crippen LogP contribution in [0, 0.1) is 0 Å². The van der Waals surface area contributed by atoms with E-state index in [2.05, 4.69) is 24.8 Å². The summed E-state index contributed by atoms with van der Waals surface area (Å²) < 4.78 is 10.3. The average molecular weight is 273 g/mol. The summed E-state index contributed by atoms with van der Waals surface area (Å²) >= 11 is 0. The number of nitrogens with zero attached hydrogens (tertiary/aromatic N) is 5. The first kappa shape index (κ1) is 12.6. The zero-order valence-electron chi connectivity index (χ0n) is 11.4. The van der Waals surface area contributed by atoms with E-state index in [-0.39, 0.29) is 0 Å². The molecular weight excluding hydrogens is 258 g/mol. The molecular formula is C13H15N5O2. The number of methoxy groups -OCH3 is 2. The van der Waals surface area contributed by atoms with Crippen LogP contribution in [-0.2, 0) is 13.0 Å². The lowest BCUT2D eigenvalue weighted by atomic mass is 10.1. The molecule has 0 saturated heterocycles. The van der Waals surface area contributed by atoms with E-state index in [1.165, 1.54) is 7.11 Å². The first-order chi connectivity index (χ1) is 9.81. The summed E-state index contributed by atoms with van der Waals surface area (Å²) in [4.78, 5) is 18.9. The highest BCUT2D eigenvalue weighted by Crippen LogP contribution is 2.30. The van der Waals surface area contributed by atoms with Crippen LogP contribution in [0.15, 0.2) is 18.7 Å². The number of rotatable bonds is 3. The predicted octanol–water partition coefficient (Wildman–Crippen LogP) is 0.846. The second kappa shape index (κ2) is 5.28. The summed E-state index contributed by atoms with van der Waals surface area (Å²) in [6.07, 6.45) is 6.03. The number of anilines is 1. The normalized spacial score (nSPS) is 13.8. The van der Waals surface area contributed by atoms with Gasteiger partial charge in [-0.15, -0.1) is 0 Å². The first-order valence-corrected chi connectivity index (χ1v) is 6.29. The highest BCUT2D eigenvalue weighted by molar-refractivity contribution is 5.55. The van der Waals surface area contributed by atoms with Gasteiger partial charge in [-0.3, -0.25) is 0 Å². The van der Waals surface area contributed by atoms with Gasteiger partial charge in [0.2, 0.25) is 5.88 Å². The molecule has 0 bridgehead atoms. The average Bonchev–Trinajstić information content (AvgIpc) is 2.53. The minimum absolute atomic E-state index is 0.298. The Balaban J connectivity index is 1.91. The van der Waals surface area contributed by atoms with Crippen LogP contribution in [0.4, 0.5) is 5.69 Å². The maximum atomic E-state index is 5.32. The van der Waals surface area contributed by atoms with Gasteiger partial charge in [0.05, 0.1) is 26.1 Å². The summed E-state index contributed by atoms with van der Waals surface area (Å²) in [5.74, 6) is 0.511. The third-order valence-corrected chi connectivity index (χ3v) is 3.29. The molecule has 0 fully saturated rings. The van der Waals surface area contributed by atoms with E-state index >= 15 is 0 Å². The lowest BCUT2D eigenvalue weighted by Gasteiger charge is -2.29. The standard InChI is InChI=1S/C13H15N5O2/c1-19-12-11(6-15-13(17-12)20-2)18-4-3-10-9(7-18)5-14-8-16-10/h5-6,8H,3-4,7H2,1-2H3. The summed E-state index contributed by atoms with van der Waals surface area (Å²) in [6, 6.07) is 0.298. The van der Waals surface area contributed by atoms with Crippen molar-refractivity contribution < 1.29 is 9.47 Å². The fourth-order valence-corrected chi connectivity index (χ4v) is 2.28. The quantitative estimate of drug-likeness (QED) is 0.820. The van der Waals surface area contributed by atoms with Gasteiger partial charge in [-0.2, -0.15) is 4.98 Å². The van der Waals surface area contributed by atoms with Crippen molar-refractivity contribution in [2.45, 2.75) is 13.0 Å². The van der Waals surface area contributed by atoms with Crippen molar-refractivity contribution in [3.8, 4) is 11.9 Å². The van der Waals surface area contributed by atoms with Crippen LogP contribution in [-0.4, -0.2) is 40.7 Å². The molecule has 2 aromatic rings. The fourth-order valence-electron chi connectivity index (χ4n) is 2.28. The number of ether oxygens (including phenoxy) is 2. The summed E-state index contributed by atoms with van der Waals surface area (Å²) in [7, 11) is 3.12. The topological polar surface area (TPSA) is 73.3 Å². The Kier molecular flexibility index (Phi) is 3.32. The smallest absolute Gasteiger partial charge is 0.319 e. The largest absolute Gasteiger partial charge is 0.479 e. The van der Waals surface area contributed by atoms with Crippen molar-refractivity contribution in [2.75, 3.05) is 25.7 Å². The maximum absolute atomic E-state index is 5.32. The Bertz CT molecular complexity index is 619. The van der Waals surface area contributed by atoms with Gasteiger partial charge >= 0.3 is 6.01 Å². The third-order valence-electron chi connectivity index (χ3n) is 3.29. The molecule has 1 aliphatic heterocycles. The molecule has 0 unspecified atom stereocenters. The minimum atomic E-state index is 0.298. The van der Waals surface area contributed by atoms with Gasteiger partial charge in [-0.25, -0.2) is 15.0 Å². The predicted molar refractivity (Wildman–Crippen MR) is 71.9 cm³/mol. The molecule has 7 nitrogen and oxygen atoms in total. The van der Waals surface area contributed by atoms with Crippen molar-refractivity contribution in [2.24, 2.45) is 0 Å². The Morgan fingerprint density at radius 2 is 2.05 bits per heavy atom. The van der Waals surface area contributed by atoms with Crippen LogP contribution < -0.4 is 14.4 Å². The van der Waals surface area contributed by atoms with E-state index < -0.39 is 0 Å². The van der Waals surface area contributed by atoms with Crippen molar-refractivity contribution >= 4 is 5.69 Å². The Hall–Kier alpha value is -2.44. The van der Waals surface area contributed by atoms with Crippen molar-refractivity contribution in [3.63, 3.8) is 0 Å². The van der Waals surface area contributed by atoms with Gasteiger partial charge < -0.3 is 14.4 Å². The van der Waals surface area contributed by atoms with Crippen LogP contribution >= 0.6 is 0 Å². The Morgan fingerprint density at radius 3 is 2.85 bits per heavy atom. The van der Waals surface area contributed by atoms with E-state index in [1.54, 1.807) is 19.6 Å². The summed E-state index contributed by atoms with van der Waals surface area (Å²) in [5, 5.41) is 0. The molecule has 20 heavy (non-hydrogen) atoms. The molecule has 0 aromatic carbocycles. The number of hydrogen-bond donors (Lipinski definition) is 0. The van der Waals surface area contributed by atoms with Crippen molar-refractivity contribution in [3.05, 3.63) is 30.0 Å². The van der Waals surface area contributed by atoms with Crippen LogP contribution in [0.1, 0.15) is 11.3 Å². The number of fused-ring (bicyclic) bond motifs is 1. The van der Waals surface area contributed by atoms with Gasteiger partial charge in [0, 0.05) is 31.3 Å².